The maximum atomic E-state index is 12.8. The van der Waals surface area contributed by atoms with Crippen molar-refractivity contribution in [2.45, 2.75) is 33.4 Å². The van der Waals surface area contributed by atoms with Crippen LogP contribution >= 0.6 is 11.3 Å². The molecule has 5 nitrogen and oxygen atoms in total. The number of rotatable bonds is 6. The number of anilines is 1. The molecule has 0 aliphatic heterocycles. The van der Waals surface area contributed by atoms with Gasteiger partial charge in [0.05, 0.1) is 26.5 Å². The van der Waals surface area contributed by atoms with Crippen LogP contribution in [0.4, 0.5) is 10.5 Å². The maximum absolute atomic E-state index is 12.8. The summed E-state index contributed by atoms with van der Waals surface area (Å²) < 4.78 is 10.5. The van der Waals surface area contributed by atoms with Crippen LogP contribution < -0.4 is 14.8 Å². The molecule has 130 valence electrons. The molecule has 2 rings (SSSR count). The fourth-order valence-corrected chi connectivity index (χ4v) is 3.22. The van der Waals surface area contributed by atoms with E-state index in [0.717, 1.165) is 4.88 Å². The van der Waals surface area contributed by atoms with Crippen LogP contribution in [-0.2, 0) is 6.54 Å². The fourth-order valence-electron chi connectivity index (χ4n) is 2.33. The summed E-state index contributed by atoms with van der Waals surface area (Å²) in [7, 11) is 3.17. The van der Waals surface area contributed by atoms with Gasteiger partial charge in [0.1, 0.15) is 11.5 Å². The second-order valence-electron chi connectivity index (χ2n) is 5.73. The summed E-state index contributed by atoms with van der Waals surface area (Å²) in [5, 5.41) is 2.93. The van der Waals surface area contributed by atoms with Gasteiger partial charge in [-0.05, 0) is 45.0 Å². The molecular weight excluding hydrogens is 324 g/mol. The van der Waals surface area contributed by atoms with Crippen LogP contribution in [0, 0.1) is 6.92 Å². The lowest BCUT2D eigenvalue weighted by atomic mass is 10.2. The van der Waals surface area contributed by atoms with Crippen molar-refractivity contribution in [2.75, 3.05) is 19.5 Å². The zero-order valence-corrected chi connectivity index (χ0v) is 15.6. The molecule has 0 aliphatic carbocycles. The van der Waals surface area contributed by atoms with Gasteiger partial charge in [-0.25, -0.2) is 4.79 Å². The highest BCUT2D eigenvalue weighted by Gasteiger charge is 2.19. The number of methoxy groups -OCH3 is 2. The van der Waals surface area contributed by atoms with Gasteiger partial charge in [0.15, 0.2) is 0 Å². The number of thiophene rings is 1. The van der Waals surface area contributed by atoms with Gasteiger partial charge in [0.25, 0.3) is 0 Å². The van der Waals surface area contributed by atoms with E-state index in [1.165, 1.54) is 4.88 Å². The van der Waals surface area contributed by atoms with E-state index < -0.39 is 0 Å². The van der Waals surface area contributed by atoms with E-state index >= 15 is 0 Å². The predicted octanol–water partition coefficient (Wildman–Crippen LogP) is 4.52. The molecule has 0 unspecified atom stereocenters. The van der Waals surface area contributed by atoms with Crippen molar-refractivity contribution >= 4 is 23.1 Å². The minimum Gasteiger partial charge on any atom is -0.497 e. The van der Waals surface area contributed by atoms with Crippen LogP contribution in [0.25, 0.3) is 0 Å². The van der Waals surface area contributed by atoms with Crippen molar-refractivity contribution in [3.63, 3.8) is 0 Å². The van der Waals surface area contributed by atoms with E-state index in [4.69, 9.17) is 9.47 Å². The number of carbonyl (C=O) groups excluding carboxylic acids is 1. The van der Waals surface area contributed by atoms with Crippen molar-refractivity contribution in [3.05, 3.63) is 40.1 Å². The van der Waals surface area contributed by atoms with Gasteiger partial charge < -0.3 is 19.7 Å². The normalized spacial score (nSPS) is 10.6. The first-order valence-corrected chi connectivity index (χ1v) is 8.61. The molecule has 0 saturated carbocycles. The predicted molar refractivity (Wildman–Crippen MR) is 98.3 cm³/mol. The Morgan fingerprint density at radius 3 is 2.50 bits per heavy atom. The second kappa shape index (κ2) is 8.06. The number of nitrogens with one attached hydrogen (secondary N) is 1. The molecule has 1 aromatic heterocycles. The number of amides is 2. The third-order valence-corrected chi connectivity index (χ3v) is 4.64. The van der Waals surface area contributed by atoms with Crippen LogP contribution in [0.2, 0.25) is 0 Å². The molecule has 0 radical (unpaired) electrons. The molecule has 0 saturated heterocycles. The summed E-state index contributed by atoms with van der Waals surface area (Å²) in [6.45, 7) is 6.65. The summed E-state index contributed by atoms with van der Waals surface area (Å²) in [6, 6.07) is 9.37. The minimum absolute atomic E-state index is 0.0732. The van der Waals surface area contributed by atoms with Crippen LogP contribution in [0.1, 0.15) is 23.6 Å². The van der Waals surface area contributed by atoms with Gasteiger partial charge in [-0.2, -0.15) is 0 Å². The molecule has 0 atom stereocenters. The van der Waals surface area contributed by atoms with E-state index in [-0.39, 0.29) is 12.1 Å². The van der Waals surface area contributed by atoms with Gasteiger partial charge >= 0.3 is 6.03 Å². The number of aryl methyl sites for hydroxylation is 1. The quantitative estimate of drug-likeness (QED) is 0.835. The van der Waals surface area contributed by atoms with E-state index in [9.17, 15) is 4.79 Å². The number of hydrogen-bond donors (Lipinski definition) is 1. The lowest BCUT2D eigenvalue weighted by Crippen LogP contribution is -2.39. The molecule has 24 heavy (non-hydrogen) atoms. The molecule has 1 heterocycles. The summed E-state index contributed by atoms with van der Waals surface area (Å²) >= 11 is 1.70. The standard InChI is InChI=1S/C18H24N2O3S/c1-12(2)20(11-15-8-6-13(3)24-15)18(21)19-16-10-14(22-4)7-9-17(16)23-5/h6-10,12H,11H2,1-5H3,(H,19,21). The third-order valence-electron chi connectivity index (χ3n) is 3.65. The number of benzene rings is 1. The average molecular weight is 348 g/mol. The van der Waals surface area contributed by atoms with E-state index in [2.05, 4.69) is 24.4 Å². The molecule has 0 fully saturated rings. The highest BCUT2D eigenvalue weighted by molar-refractivity contribution is 7.11. The largest absolute Gasteiger partial charge is 0.497 e. The number of carbonyl (C=O) groups is 1. The summed E-state index contributed by atoms with van der Waals surface area (Å²) in [4.78, 5) is 17.0. The Balaban J connectivity index is 2.18. The Labute approximate surface area is 147 Å². The van der Waals surface area contributed by atoms with Crippen molar-refractivity contribution in [2.24, 2.45) is 0 Å². The Bertz CT molecular complexity index is 697. The zero-order chi connectivity index (χ0) is 17.7. The second-order valence-corrected chi connectivity index (χ2v) is 7.10. The van der Waals surface area contributed by atoms with E-state index in [0.29, 0.717) is 23.7 Å². The third kappa shape index (κ3) is 4.41. The summed E-state index contributed by atoms with van der Waals surface area (Å²) in [6.07, 6.45) is 0. The van der Waals surface area contributed by atoms with Crippen molar-refractivity contribution < 1.29 is 14.3 Å². The first-order valence-electron chi connectivity index (χ1n) is 7.79. The van der Waals surface area contributed by atoms with Crippen molar-refractivity contribution in [1.29, 1.82) is 0 Å². The Morgan fingerprint density at radius 1 is 1.21 bits per heavy atom. The summed E-state index contributed by atoms with van der Waals surface area (Å²) in [5.74, 6) is 1.26. The number of ether oxygens (including phenoxy) is 2. The molecule has 2 aromatic rings. The number of hydrogen-bond acceptors (Lipinski definition) is 4. The highest BCUT2D eigenvalue weighted by atomic mass is 32.1. The molecule has 1 N–H and O–H groups in total. The smallest absolute Gasteiger partial charge is 0.322 e. The Morgan fingerprint density at radius 2 is 1.96 bits per heavy atom. The Kier molecular flexibility index (Phi) is 6.09. The average Bonchev–Trinajstić information content (AvgIpc) is 2.97. The van der Waals surface area contributed by atoms with Crippen molar-refractivity contribution in [1.82, 2.24) is 4.90 Å². The molecular formula is C18H24N2O3S. The van der Waals surface area contributed by atoms with E-state index in [1.54, 1.807) is 48.7 Å². The lowest BCUT2D eigenvalue weighted by Gasteiger charge is -2.27. The number of nitrogens with zero attached hydrogens (tertiary/aromatic N) is 1. The molecule has 0 bridgehead atoms. The van der Waals surface area contributed by atoms with Crippen molar-refractivity contribution in [3.8, 4) is 11.5 Å². The SMILES string of the molecule is COc1ccc(OC)c(NC(=O)N(Cc2ccc(C)s2)C(C)C)c1. The Hall–Kier alpha value is -2.21. The van der Waals surface area contributed by atoms with Crippen LogP contribution in [0.15, 0.2) is 30.3 Å². The monoisotopic (exact) mass is 348 g/mol. The minimum atomic E-state index is -0.164. The molecule has 1 aromatic carbocycles. The van der Waals surface area contributed by atoms with Gasteiger partial charge in [0, 0.05) is 21.9 Å². The molecule has 0 spiro atoms. The zero-order valence-electron chi connectivity index (χ0n) is 14.8. The molecule has 2 amide bonds. The number of urea groups is 1. The van der Waals surface area contributed by atoms with Crippen LogP contribution in [-0.4, -0.2) is 31.2 Å². The van der Waals surface area contributed by atoms with Gasteiger partial charge in [-0.1, -0.05) is 0 Å². The lowest BCUT2D eigenvalue weighted by molar-refractivity contribution is 0.194. The van der Waals surface area contributed by atoms with Gasteiger partial charge in [-0.15, -0.1) is 11.3 Å². The van der Waals surface area contributed by atoms with Gasteiger partial charge in [0.2, 0.25) is 0 Å². The van der Waals surface area contributed by atoms with Crippen LogP contribution in [0.5, 0.6) is 11.5 Å². The molecule has 6 heteroatoms. The maximum Gasteiger partial charge on any atom is 0.322 e. The fraction of sp³-hybridized carbons (Fsp3) is 0.389. The van der Waals surface area contributed by atoms with E-state index in [1.807, 2.05) is 13.8 Å². The van der Waals surface area contributed by atoms with Crippen LogP contribution in [0.3, 0.4) is 0 Å². The topological polar surface area (TPSA) is 50.8 Å². The first-order chi connectivity index (χ1) is 11.4. The molecule has 0 aliphatic rings. The van der Waals surface area contributed by atoms with Gasteiger partial charge in [-0.3, -0.25) is 0 Å². The first kappa shape index (κ1) is 18.1. The highest BCUT2D eigenvalue weighted by Crippen LogP contribution is 2.29. The summed E-state index contributed by atoms with van der Waals surface area (Å²) in [5.41, 5.74) is 0.592.